The van der Waals surface area contributed by atoms with Gasteiger partial charge in [-0.1, -0.05) is 18.2 Å². The third-order valence-corrected chi connectivity index (χ3v) is 4.60. The molecule has 0 saturated heterocycles. The molecule has 1 aliphatic rings. The first kappa shape index (κ1) is 17.7. The number of nitrogens with zero attached hydrogens (tertiary/aromatic N) is 3. The normalized spacial score (nSPS) is 12.4. The van der Waals surface area contributed by atoms with Crippen molar-refractivity contribution in [1.82, 2.24) is 9.97 Å². The van der Waals surface area contributed by atoms with Crippen LogP contribution in [0.1, 0.15) is 26.4 Å². The first-order valence-electron chi connectivity index (χ1n) is 8.83. The molecule has 0 atom stereocenters. The molecule has 0 bridgehead atoms. The number of carbonyl (C=O) groups is 2. The predicted molar refractivity (Wildman–Crippen MR) is 105 cm³/mol. The van der Waals surface area contributed by atoms with E-state index in [1.54, 1.807) is 35.2 Å². The number of amides is 1. The van der Waals surface area contributed by atoms with Crippen LogP contribution in [0.3, 0.4) is 0 Å². The fourth-order valence-electron chi connectivity index (χ4n) is 3.19. The van der Waals surface area contributed by atoms with E-state index in [4.69, 9.17) is 0 Å². The molecule has 7 heteroatoms. The molecule has 1 amide bonds. The molecule has 2 aromatic carbocycles. The molecule has 2 heterocycles. The van der Waals surface area contributed by atoms with E-state index in [2.05, 4.69) is 20.0 Å². The van der Waals surface area contributed by atoms with Crippen molar-refractivity contribution in [3.63, 3.8) is 0 Å². The maximum Gasteiger partial charge on any atom is 0.337 e. The smallest absolute Gasteiger partial charge is 0.337 e. The summed E-state index contributed by atoms with van der Waals surface area (Å²) >= 11 is 0. The second kappa shape index (κ2) is 7.48. The molecular formula is C21H18N4O3. The standard InChI is InChI=1S/C21H18N4O3/c1-28-21(27)15-6-8-16(9-7-15)24-19-12-17(22-13-23-19)20(26)25-11-10-14-4-2-3-5-18(14)25/h2-9,12-13H,10-11H2,1H3,(H,22,23,24). The Kier molecular flexibility index (Phi) is 4.72. The number of esters is 1. The topological polar surface area (TPSA) is 84.4 Å². The second-order valence-corrected chi connectivity index (χ2v) is 6.32. The van der Waals surface area contributed by atoms with Crippen LogP contribution in [0, 0.1) is 0 Å². The first-order chi connectivity index (χ1) is 13.7. The Morgan fingerprint density at radius 3 is 2.64 bits per heavy atom. The van der Waals surface area contributed by atoms with Gasteiger partial charge in [0.2, 0.25) is 0 Å². The molecule has 28 heavy (non-hydrogen) atoms. The van der Waals surface area contributed by atoms with E-state index < -0.39 is 5.97 Å². The molecule has 1 N–H and O–H groups in total. The number of hydrogen-bond acceptors (Lipinski definition) is 6. The summed E-state index contributed by atoms with van der Waals surface area (Å²) in [7, 11) is 1.34. The van der Waals surface area contributed by atoms with Gasteiger partial charge in [0.25, 0.3) is 5.91 Å². The van der Waals surface area contributed by atoms with E-state index in [9.17, 15) is 9.59 Å². The molecule has 0 spiro atoms. The van der Waals surface area contributed by atoms with Crippen LogP contribution in [0.2, 0.25) is 0 Å². The number of ether oxygens (including phenoxy) is 1. The zero-order chi connectivity index (χ0) is 19.5. The average molecular weight is 374 g/mol. The maximum atomic E-state index is 12.9. The molecule has 0 unspecified atom stereocenters. The van der Waals surface area contributed by atoms with Gasteiger partial charge in [0, 0.05) is 24.0 Å². The van der Waals surface area contributed by atoms with Crippen LogP contribution in [-0.2, 0) is 11.2 Å². The molecule has 0 saturated carbocycles. The molecule has 0 fully saturated rings. The molecule has 1 aromatic heterocycles. The van der Waals surface area contributed by atoms with Gasteiger partial charge in [-0.25, -0.2) is 14.8 Å². The minimum atomic E-state index is -0.396. The highest BCUT2D eigenvalue weighted by Crippen LogP contribution is 2.28. The Labute approximate surface area is 162 Å². The van der Waals surface area contributed by atoms with Crippen molar-refractivity contribution in [3.8, 4) is 0 Å². The van der Waals surface area contributed by atoms with Crippen LogP contribution in [-0.4, -0.2) is 35.5 Å². The van der Waals surface area contributed by atoms with E-state index in [-0.39, 0.29) is 5.91 Å². The van der Waals surface area contributed by atoms with Crippen LogP contribution in [0.4, 0.5) is 17.2 Å². The van der Waals surface area contributed by atoms with Crippen LogP contribution < -0.4 is 10.2 Å². The molecule has 3 aromatic rings. The van der Waals surface area contributed by atoms with Crippen LogP contribution in [0.25, 0.3) is 0 Å². The Bertz CT molecular complexity index is 1030. The fraction of sp³-hybridized carbons (Fsp3) is 0.143. The number of para-hydroxylation sites is 1. The van der Waals surface area contributed by atoms with Gasteiger partial charge in [-0.15, -0.1) is 0 Å². The summed E-state index contributed by atoms with van der Waals surface area (Å²) < 4.78 is 4.69. The summed E-state index contributed by atoms with van der Waals surface area (Å²) in [5.74, 6) is -0.0551. The lowest BCUT2D eigenvalue weighted by Gasteiger charge is -2.17. The molecule has 0 radical (unpaired) electrons. The van der Waals surface area contributed by atoms with Gasteiger partial charge in [-0.2, -0.15) is 0 Å². The lowest BCUT2D eigenvalue weighted by molar-refractivity contribution is 0.0600. The molecule has 4 rings (SSSR count). The van der Waals surface area contributed by atoms with Crippen LogP contribution in [0.5, 0.6) is 0 Å². The number of aromatic nitrogens is 2. The fourth-order valence-corrected chi connectivity index (χ4v) is 3.19. The Morgan fingerprint density at radius 2 is 1.86 bits per heavy atom. The third-order valence-electron chi connectivity index (χ3n) is 4.60. The van der Waals surface area contributed by atoms with Gasteiger partial charge in [-0.3, -0.25) is 4.79 Å². The van der Waals surface area contributed by atoms with E-state index in [1.807, 2.05) is 24.3 Å². The number of hydrogen-bond donors (Lipinski definition) is 1. The second-order valence-electron chi connectivity index (χ2n) is 6.32. The molecule has 7 nitrogen and oxygen atoms in total. The number of rotatable bonds is 4. The summed E-state index contributed by atoms with van der Waals surface area (Å²) in [5, 5.41) is 3.12. The van der Waals surface area contributed by atoms with Crippen molar-refractivity contribution < 1.29 is 14.3 Å². The number of methoxy groups -OCH3 is 1. The highest BCUT2D eigenvalue weighted by Gasteiger charge is 2.26. The van der Waals surface area contributed by atoms with Gasteiger partial charge in [0.15, 0.2) is 0 Å². The van der Waals surface area contributed by atoms with Crippen LogP contribution >= 0.6 is 0 Å². The van der Waals surface area contributed by atoms with Gasteiger partial charge in [0.05, 0.1) is 12.7 Å². The van der Waals surface area contributed by atoms with Crippen molar-refractivity contribution in [2.24, 2.45) is 0 Å². The van der Waals surface area contributed by atoms with Crippen molar-refractivity contribution in [2.45, 2.75) is 6.42 Å². The summed E-state index contributed by atoms with van der Waals surface area (Å²) in [4.78, 5) is 34.5. The van der Waals surface area contributed by atoms with Gasteiger partial charge in [0.1, 0.15) is 17.8 Å². The Morgan fingerprint density at radius 1 is 1.07 bits per heavy atom. The van der Waals surface area contributed by atoms with E-state index in [1.165, 1.54) is 13.4 Å². The number of fused-ring (bicyclic) bond motifs is 1. The number of carbonyl (C=O) groups excluding carboxylic acids is 2. The highest BCUT2D eigenvalue weighted by atomic mass is 16.5. The summed E-state index contributed by atoms with van der Waals surface area (Å²) in [6.45, 7) is 0.639. The average Bonchev–Trinajstić information content (AvgIpc) is 3.17. The first-order valence-corrected chi connectivity index (χ1v) is 8.83. The van der Waals surface area contributed by atoms with E-state index in [0.29, 0.717) is 23.6 Å². The zero-order valence-corrected chi connectivity index (χ0v) is 15.3. The summed E-state index contributed by atoms with van der Waals surface area (Å²) in [6.07, 6.45) is 2.20. The summed E-state index contributed by atoms with van der Waals surface area (Å²) in [5.41, 5.74) is 3.60. The van der Waals surface area contributed by atoms with Crippen molar-refractivity contribution >= 4 is 29.1 Å². The van der Waals surface area contributed by atoms with Crippen molar-refractivity contribution in [2.75, 3.05) is 23.9 Å². The molecule has 140 valence electrons. The highest BCUT2D eigenvalue weighted by molar-refractivity contribution is 6.06. The SMILES string of the molecule is COC(=O)c1ccc(Nc2cc(C(=O)N3CCc4ccccc43)ncn2)cc1. The maximum absolute atomic E-state index is 12.9. The minimum Gasteiger partial charge on any atom is -0.465 e. The Balaban J connectivity index is 1.52. The van der Waals surface area contributed by atoms with Gasteiger partial charge >= 0.3 is 5.97 Å². The van der Waals surface area contributed by atoms with Crippen LogP contribution in [0.15, 0.2) is 60.9 Å². The monoisotopic (exact) mass is 374 g/mol. The van der Waals surface area contributed by atoms with Crippen molar-refractivity contribution in [1.29, 1.82) is 0 Å². The quantitative estimate of drug-likeness (QED) is 0.706. The van der Waals surface area contributed by atoms with E-state index >= 15 is 0 Å². The number of benzene rings is 2. The molecule has 0 aliphatic carbocycles. The number of anilines is 3. The number of nitrogens with one attached hydrogen (secondary N) is 1. The Hall–Kier alpha value is -3.74. The third kappa shape index (κ3) is 3.42. The largest absolute Gasteiger partial charge is 0.465 e. The summed E-state index contributed by atoms with van der Waals surface area (Å²) in [6, 6.07) is 16.3. The zero-order valence-electron chi connectivity index (χ0n) is 15.3. The van der Waals surface area contributed by atoms with Gasteiger partial charge in [-0.05, 0) is 42.3 Å². The van der Waals surface area contributed by atoms with Crippen molar-refractivity contribution in [3.05, 3.63) is 77.7 Å². The lowest BCUT2D eigenvalue weighted by Crippen LogP contribution is -2.29. The molecule has 1 aliphatic heterocycles. The van der Waals surface area contributed by atoms with E-state index in [0.717, 1.165) is 23.4 Å². The minimum absolute atomic E-state index is 0.156. The lowest BCUT2D eigenvalue weighted by atomic mass is 10.2. The predicted octanol–water partition coefficient (Wildman–Crippen LogP) is 3.21. The molecular weight excluding hydrogens is 356 g/mol. The van der Waals surface area contributed by atoms with Gasteiger partial charge < -0.3 is 15.0 Å².